The molecule has 4 rings (SSSR count). The summed E-state index contributed by atoms with van der Waals surface area (Å²) in [6, 6.07) is 21.7. The molecule has 4 aromatic rings. The highest BCUT2D eigenvalue weighted by atomic mass is 14.8. The molecule has 0 bridgehead atoms. The van der Waals surface area contributed by atoms with Gasteiger partial charge in [-0.3, -0.25) is 20.0 Å². The van der Waals surface area contributed by atoms with Crippen molar-refractivity contribution in [2.45, 2.75) is 121 Å². The average Bonchev–Trinajstić information content (AvgIpc) is 3.03. The minimum absolute atomic E-state index is 0.442. The van der Waals surface area contributed by atoms with Crippen LogP contribution in [0.5, 0.6) is 0 Å². The Kier molecular flexibility index (Phi) is 14.8. The van der Waals surface area contributed by atoms with Crippen molar-refractivity contribution in [1.82, 2.24) is 0 Å². The third kappa shape index (κ3) is 10.8. The first-order valence-corrected chi connectivity index (χ1v) is 18.2. The van der Waals surface area contributed by atoms with E-state index >= 15 is 0 Å². The first kappa shape index (κ1) is 40.0. The Bertz CT molecular complexity index is 1630. The standard InChI is InChI=1S/C26H36N2.C20H24N2/c1-17(2)21-11-9-12-22(18(3)4)25(21)27-15-16-28-26-23(19(5)6)13-10-14-24(26)20(7)8;1-13-9-15(3)19(16(4)10-13)21-7-8-22-20-17(5)11-14(2)12-18(20)6/h9-20H,1-8H3;7-12H,1-6H3. The quantitative estimate of drug-likeness (QED) is 0.151. The van der Waals surface area contributed by atoms with Gasteiger partial charge in [0, 0.05) is 24.9 Å². The molecule has 0 heterocycles. The highest BCUT2D eigenvalue weighted by Crippen LogP contribution is 2.36. The lowest BCUT2D eigenvalue weighted by molar-refractivity contribution is 0.834. The maximum absolute atomic E-state index is 4.84. The van der Waals surface area contributed by atoms with Crippen LogP contribution in [-0.2, 0) is 0 Å². The van der Waals surface area contributed by atoms with Crippen LogP contribution in [0.3, 0.4) is 0 Å². The van der Waals surface area contributed by atoms with Gasteiger partial charge in [-0.25, -0.2) is 0 Å². The maximum Gasteiger partial charge on any atom is 0.0699 e. The van der Waals surface area contributed by atoms with E-state index in [0.29, 0.717) is 23.7 Å². The van der Waals surface area contributed by atoms with Gasteiger partial charge in [-0.1, -0.05) is 127 Å². The smallest absolute Gasteiger partial charge is 0.0699 e. The third-order valence-electron chi connectivity index (χ3n) is 8.90. The predicted octanol–water partition coefficient (Wildman–Crippen LogP) is 13.9. The molecule has 0 saturated carbocycles. The minimum Gasteiger partial charge on any atom is -0.255 e. The fourth-order valence-electron chi connectivity index (χ4n) is 6.51. The van der Waals surface area contributed by atoms with E-state index in [1.165, 1.54) is 55.6 Å². The predicted molar refractivity (Wildman–Crippen MR) is 223 cm³/mol. The molecule has 0 aromatic heterocycles. The van der Waals surface area contributed by atoms with Crippen molar-refractivity contribution in [2.75, 3.05) is 0 Å². The maximum atomic E-state index is 4.84. The summed E-state index contributed by atoms with van der Waals surface area (Å²) in [6.45, 7) is 30.4. The van der Waals surface area contributed by atoms with Crippen molar-refractivity contribution in [2.24, 2.45) is 20.0 Å². The molecule has 0 aliphatic carbocycles. The number of para-hydroxylation sites is 2. The Morgan fingerprint density at radius 3 is 0.800 bits per heavy atom. The molecule has 264 valence electrons. The zero-order valence-electron chi connectivity index (χ0n) is 33.2. The lowest BCUT2D eigenvalue weighted by atomic mass is 9.93. The van der Waals surface area contributed by atoms with Crippen LogP contribution in [0.25, 0.3) is 0 Å². The van der Waals surface area contributed by atoms with E-state index in [-0.39, 0.29) is 0 Å². The number of rotatable bonds is 10. The van der Waals surface area contributed by atoms with Crippen LogP contribution >= 0.6 is 0 Å². The first-order valence-electron chi connectivity index (χ1n) is 18.2. The first-order chi connectivity index (χ1) is 23.6. The molecule has 0 spiro atoms. The van der Waals surface area contributed by atoms with Crippen LogP contribution in [0.1, 0.15) is 135 Å². The molecule has 0 fully saturated rings. The van der Waals surface area contributed by atoms with Gasteiger partial charge in [-0.15, -0.1) is 0 Å². The molecule has 0 aliphatic heterocycles. The fraction of sp³-hybridized carbons (Fsp3) is 0.391. The number of benzene rings is 4. The van der Waals surface area contributed by atoms with Gasteiger partial charge in [-0.2, -0.15) is 0 Å². The molecule has 4 aromatic carbocycles. The zero-order chi connectivity index (χ0) is 37.1. The second kappa shape index (κ2) is 18.5. The Hall–Kier alpha value is -4.44. The van der Waals surface area contributed by atoms with Crippen molar-refractivity contribution in [3.05, 3.63) is 116 Å². The molecule has 0 radical (unpaired) electrons. The van der Waals surface area contributed by atoms with Crippen molar-refractivity contribution >= 4 is 47.6 Å². The minimum atomic E-state index is 0.442. The molecule has 50 heavy (non-hydrogen) atoms. The number of nitrogens with zero attached hydrogens (tertiary/aromatic N) is 4. The van der Waals surface area contributed by atoms with Crippen molar-refractivity contribution in [1.29, 1.82) is 0 Å². The molecule has 4 heteroatoms. The summed E-state index contributed by atoms with van der Waals surface area (Å²) in [5.74, 6) is 1.77. The van der Waals surface area contributed by atoms with Crippen LogP contribution in [0.4, 0.5) is 22.7 Å². The highest BCUT2D eigenvalue weighted by Gasteiger charge is 2.14. The summed E-state index contributed by atoms with van der Waals surface area (Å²) >= 11 is 0. The molecule has 0 amide bonds. The van der Waals surface area contributed by atoms with Gasteiger partial charge >= 0.3 is 0 Å². The van der Waals surface area contributed by atoms with Crippen LogP contribution in [0.15, 0.2) is 80.6 Å². The van der Waals surface area contributed by atoms with E-state index in [1.54, 1.807) is 12.4 Å². The second-order valence-corrected chi connectivity index (χ2v) is 14.8. The van der Waals surface area contributed by atoms with E-state index in [9.17, 15) is 0 Å². The van der Waals surface area contributed by atoms with Gasteiger partial charge in [0.2, 0.25) is 0 Å². The van der Waals surface area contributed by atoms with Gasteiger partial charge in [0.25, 0.3) is 0 Å². The Balaban J connectivity index is 0.000000278. The lowest BCUT2D eigenvalue weighted by Gasteiger charge is -2.16. The van der Waals surface area contributed by atoms with E-state index in [2.05, 4.69) is 168 Å². The molecule has 0 saturated heterocycles. The topological polar surface area (TPSA) is 49.4 Å². The Morgan fingerprint density at radius 2 is 0.580 bits per heavy atom. The summed E-state index contributed by atoms with van der Waals surface area (Å²) in [4.78, 5) is 18.8. The van der Waals surface area contributed by atoms with Gasteiger partial charge in [0.1, 0.15) is 0 Å². The van der Waals surface area contributed by atoms with Gasteiger partial charge in [-0.05, 0) is 110 Å². The highest BCUT2D eigenvalue weighted by molar-refractivity contribution is 6.18. The summed E-state index contributed by atoms with van der Waals surface area (Å²) in [6.07, 6.45) is 7.27. The Labute approximate surface area is 303 Å². The zero-order valence-corrected chi connectivity index (χ0v) is 33.2. The van der Waals surface area contributed by atoms with Gasteiger partial charge in [0.05, 0.1) is 22.7 Å². The molecular weight excluding hydrogens is 609 g/mol. The normalized spacial score (nSPS) is 12.2. The number of hydrogen-bond donors (Lipinski definition) is 0. The van der Waals surface area contributed by atoms with Gasteiger partial charge in [0.15, 0.2) is 0 Å². The molecule has 0 aliphatic rings. The Morgan fingerprint density at radius 1 is 0.360 bits per heavy atom. The molecule has 0 atom stereocenters. The van der Waals surface area contributed by atoms with Crippen LogP contribution in [0.2, 0.25) is 0 Å². The van der Waals surface area contributed by atoms with Crippen molar-refractivity contribution in [3.8, 4) is 0 Å². The number of hydrogen-bond acceptors (Lipinski definition) is 4. The van der Waals surface area contributed by atoms with Crippen LogP contribution in [0, 0.1) is 41.5 Å². The van der Waals surface area contributed by atoms with E-state index in [1.807, 2.05) is 12.4 Å². The van der Waals surface area contributed by atoms with Crippen molar-refractivity contribution < 1.29 is 0 Å². The summed E-state index contributed by atoms with van der Waals surface area (Å²) in [5.41, 5.74) is 16.8. The largest absolute Gasteiger partial charge is 0.255 e. The van der Waals surface area contributed by atoms with E-state index in [0.717, 1.165) is 22.7 Å². The van der Waals surface area contributed by atoms with E-state index < -0.39 is 0 Å². The molecule has 4 nitrogen and oxygen atoms in total. The van der Waals surface area contributed by atoms with E-state index in [4.69, 9.17) is 9.98 Å². The third-order valence-corrected chi connectivity index (χ3v) is 8.90. The SMILES string of the molecule is CC(C)c1cccc(C(C)C)c1N=CC=Nc1c(C(C)C)cccc1C(C)C.Cc1cc(C)c(N=CC=Nc2c(C)cc(C)cc2C)c(C)c1. The molecule has 0 unspecified atom stereocenters. The fourth-order valence-corrected chi connectivity index (χ4v) is 6.51. The second-order valence-electron chi connectivity index (χ2n) is 14.8. The van der Waals surface area contributed by atoms with Crippen LogP contribution in [-0.4, -0.2) is 24.9 Å². The monoisotopic (exact) mass is 668 g/mol. The molecular formula is C46H60N4. The summed E-state index contributed by atoms with van der Waals surface area (Å²) in [7, 11) is 0. The van der Waals surface area contributed by atoms with Gasteiger partial charge < -0.3 is 0 Å². The van der Waals surface area contributed by atoms with Crippen molar-refractivity contribution in [3.63, 3.8) is 0 Å². The number of aliphatic imine (C=N–C) groups is 4. The molecule has 0 N–H and O–H groups in total. The average molecular weight is 669 g/mol. The lowest BCUT2D eigenvalue weighted by Crippen LogP contribution is -1.96. The summed E-state index contributed by atoms with van der Waals surface area (Å²) in [5, 5.41) is 0. The summed E-state index contributed by atoms with van der Waals surface area (Å²) < 4.78 is 0. The van der Waals surface area contributed by atoms with Crippen LogP contribution < -0.4 is 0 Å². The number of aryl methyl sites for hydroxylation is 6.